The predicted octanol–water partition coefficient (Wildman–Crippen LogP) is 3.30. The lowest BCUT2D eigenvalue weighted by molar-refractivity contribution is 0.0697. The number of benzene rings is 2. The summed E-state index contributed by atoms with van der Waals surface area (Å²) in [5, 5.41) is 12.3. The number of rotatable bonds is 4. The first kappa shape index (κ1) is 14.9. The van der Waals surface area contributed by atoms with Gasteiger partial charge in [0.1, 0.15) is 5.75 Å². The second-order valence-corrected chi connectivity index (χ2v) is 4.61. The Morgan fingerprint density at radius 1 is 1.14 bits per heavy atom. The zero-order chi connectivity index (χ0) is 15.4. The molecule has 2 N–H and O–H groups in total. The van der Waals surface area contributed by atoms with E-state index < -0.39 is 11.9 Å². The van der Waals surface area contributed by atoms with Crippen LogP contribution in [0.4, 0.5) is 5.69 Å². The Kier molecular flexibility index (Phi) is 4.45. The topological polar surface area (TPSA) is 75.6 Å². The number of halogens is 1. The van der Waals surface area contributed by atoms with Gasteiger partial charge in [-0.25, -0.2) is 4.79 Å². The van der Waals surface area contributed by atoms with E-state index in [4.69, 9.17) is 16.3 Å². The number of carboxylic acids is 1. The van der Waals surface area contributed by atoms with Crippen LogP contribution in [-0.2, 0) is 0 Å². The van der Waals surface area contributed by atoms with Crippen molar-refractivity contribution >= 4 is 29.2 Å². The molecule has 5 nitrogen and oxygen atoms in total. The van der Waals surface area contributed by atoms with Crippen LogP contribution in [-0.4, -0.2) is 24.1 Å². The Hall–Kier alpha value is -2.53. The number of hydrogen-bond donors (Lipinski definition) is 2. The van der Waals surface area contributed by atoms with Crippen LogP contribution in [0, 0.1) is 0 Å². The minimum absolute atomic E-state index is 0.0448. The second-order valence-electron chi connectivity index (χ2n) is 4.18. The first-order valence-corrected chi connectivity index (χ1v) is 6.37. The molecule has 0 unspecified atom stereocenters. The molecule has 0 fully saturated rings. The highest BCUT2D eigenvalue weighted by Gasteiger charge is 2.14. The van der Waals surface area contributed by atoms with Crippen LogP contribution < -0.4 is 10.1 Å². The molecule has 0 bridgehead atoms. The van der Waals surface area contributed by atoms with Gasteiger partial charge >= 0.3 is 5.97 Å². The summed E-state index contributed by atoms with van der Waals surface area (Å²) in [7, 11) is 1.44. The summed E-state index contributed by atoms with van der Waals surface area (Å²) < 4.78 is 4.97. The lowest BCUT2D eigenvalue weighted by atomic mass is 10.1. The quantitative estimate of drug-likeness (QED) is 0.908. The molecule has 0 saturated carbocycles. The lowest BCUT2D eigenvalue weighted by Crippen LogP contribution is -2.14. The van der Waals surface area contributed by atoms with Gasteiger partial charge in [0.25, 0.3) is 5.91 Å². The van der Waals surface area contributed by atoms with Gasteiger partial charge in [-0.2, -0.15) is 0 Å². The van der Waals surface area contributed by atoms with E-state index in [1.54, 1.807) is 30.3 Å². The maximum Gasteiger partial charge on any atom is 0.337 e. The van der Waals surface area contributed by atoms with Crippen LogP contribution in [0.15, 0.2) is 42.5 Å². The molecule has 0 aliphatic rings. The first-order chi connectivity index (χ1) is 10.0. The van der Waals surface area contributed by atoms with Gasteiger partial charge in [-0.05, 0) is 42.5 Å². The first-order valence-electron chi connectivity index (χ1n) is 5.99. The smallest absolute Gasteiger partial charge is 0.337 e. The number of ether oxygens (including phenoxy) is 1. The lowest BCUT2D eigenvalue weighted by Gasteiger charge is -2.10. The molecule has 0 heterocycles. The molecular formula is C15H12ClNO4. The van der Waals surface area contributed by atoms with Crippen LogP contribution in [0.25, 0.3) is 0 Å². The highest BCUT2D eigenvalue weighted by molar-refractivity contribution is 6.30. The minimum Gasteiger partial charge on any atom is -0.497 e. The van der Waals surface area contributed by atoms with E-state index in [9.17, 15) is 14.7 Å². The molecule has 21 heavy (non-hydrogen) atoms. The summed E-state index contributed by atoms with van der Waals surface area (Å²) in [6.07, 6.45) is 0. The van der Waals surface area contributed by atoms with Gasteiger partial charge in [-0.15, -0.1) is 0 Å². The third-order valence-electron chi connectivity index (χ3n) is 2.81. The summed E-state index contributed by atoms with van der Waals surface area (Å²) >= 11 is 5.75. The Morgan fingerprint density at radius 3 is 2.38 bits per heavy atom. The fourth-order valence-corrected chi connectivity index (χ4v) is 1.86. The van der Waals surface area contributed by atoms with Crippen molar-refractivity contribution in [3.05, 3.63) is 58.6 Å². The van der Waals surface area contributed by atoms with Crippen LogP contribution in [0.3, 0.4) is 0 Å². The number of carbonyl (C=O) groups excluding carboxylic acids is 1. The molecule has 6 heteroatoms. The van der Waals surface area contributed by atoms with Crippen molar-refractivity contribution in [3.8, 4) is 5.75 Å². The third-order valence-corrected chi connectivity index (χ3v) is 3.06. The predicted molar refractivity (Wildman–Crippen MR) is 79.4 cm³/mol. The largest absolute Gasteiger partial charge is 0.497 e. The molecule has 2 aromatic carbocycles. The van der Waals surface area contributed by atoms with Crippen LogP contribution in [0.2, 0.25) is 5.02 Å². The summed E-state index contributed by atoms with van der Waals surface area (Å²) in [4.78, 5) is 23.3. The molecule has 0 aliphatic carbocycles. The summed E-state index contributed by atoms with van der Waals surface area (Å²) in [5.41, 5.74) is 0.534. The second kappa shape index (κ2) is 6.28. The number of methoxy groups -OCH3 is 1. The van der Waals surface area contributed by atoms with Crippen LogP contribution >= 0.6 is 11.6 Å². The van der Waals surface area contributed by atoms with Crippen molar-refractivity contribution in [3.63, 3.8) is 0 Å². The SMILES string of the molecule is COc1ccc(NC(=O)c2ccc(Cl)cc2)c(C(=O)O)c1. The van der Waals surface area contributed by atoms with Crippen molar-refractivity contribution < 1.29 is 19.4 Å². The number of carbonyl (C=O) groups is 2. The van der Waals surface area contributed by atoms with Crippen LogP contribution in [0.5, 0.6) is 5.75 Å². The average molecular weight is 306 g/mol. The summed E-state index contributed by atoms with van der Waals surface area (Å²) in [6.45, 7) is 0. The van der Waals surface area contributed by atoms with Crippen molar-refractivity contribution in [2.75, 3.05) is 12.4 Å². The zero-order valence-electron chi connectivity index (χ0n) is 11.1. The van der Waals surface area contributed by atoms with Crippen molar-refractivity contribution in [2.24, 2.45) is 0 Å². The normalized spacial score (nSPS) is 10.0. The van der Waals surface area contributed by atoms with Gasteiger partial charge in [0, 0.05) is 10.6 Å². The Labute approximate surface area is 126 Å². The van der Waals surface area contributed by atoms with E-state index in [0.29, 0.717) is 16.3 Å². The fraction of sp³-hybridized carbons (Fsp3) is 0.0667. The Balaban J connectivity index is 2.28. The van der Waals surface area contributed by atoms with E-state index in [2.05, 4.69) is 5.32 Å². The van der Waals surface area contributed by atoms with E-state index in [1.807, 2.05) is 0 Å². The Bertz CT molecular complexity index is 683. The Morgan fingerprint density at radius 2 is 1.81 bits per heavy atom. The van der Waals surface area contributed by atoms with Gasteiger partial charge in [-0.1, -0.05) is 11.6 Å². The molecular weight excluding hydrogens is 294 g/mol. The van der Waals surface area contributed by atoms with Crippen molar-refractivity contribution in [2.45, 2.75) is 0 Å². The highest BCUT2D eigenvalue weighted by atomic mass is 35.5. The molecule has 2 aromatic rings. The van der Waals surface area contributed by atoms with E-state index in [1.165, 1.54) is 19.2 Å². The molecule has 2 rings (SSSR count). The summed E-state index contributed by atoms with van der Waals surface area (Å²) in [6, 6.07) is 10.7. The molecule has 108 valence electrons. The molecule has 0 radical (unpaired) electrons. The standard InChI is InChI=1S/C15H12ClNO4/c1-21-11-6-7-13(12(8-11)15(19)20)17-14(18)9-2-4-10(16)5-3-9/h2-8H,1H3,(H,17,18)(H,19,20). The van der Waals surface area contributed by atoms with Gasteiger partial charge in [-0.3, -0.25) is 4.79 Å². The number of nitrogens with one attached hydrogen (secondary N) is 1. The number of aromatic carboxylic acids is 1. The third kappa shape index (κ3) is 3.52. The van der Waals surface area contributed by atoms with Crippen molar-refractivity contribution in [1.82, 2.24) is 0 Å². The molecule has 0 saturated heterocycles. The van der Waals surface area contributed by atoms with Gasteiger partial charge < -0.3 is 15.2 Å². The number of amides is 1. The van der Waals surface area contributed by atoms with Crippen LogP contribution in [0.1, 0.15) is 20.7 Å². The van der Waals surface area contributed by atoms with E-state index in [-0.39, 0.29) is 11.3 Å². The van der Waals surface area contributed by atoms with E-state index >= 15 is 0 Å². The van der Waals surface area contributed by atoms with Gasteiger partial charge in [0.15, 0.2) is 0 Å². The molecule has 0 spiro atoms. The number of carboxylic acid groups (broad SMARTS) is 1. The van der Waals surface area contributed by atoms with Crippen molar-refractivity contribution in [1.29, 1.82) is 0 Å². The fourth-order valence-electron chi connectivity index (χ4n) is 1.73. The maximum atomic E-state index is 12.1. The minimum atomic E-state index is -1.15. The van der Waals surface area contributed by atoms with E-state index in [0.717, 1.165) is 0 Å². The molecule has 1 amide bonds. The van der Waals surface area contributed by atoms with Gasteiger partial charge in [0.2, 0.25) is 0 Å². The number of anilines is 1. The summed E-state index contributed by atoms with van der Waals surface area (Å²) in [5.74, 6) is -1.17. The average Bonchev–Trinajstić information content (AvgIpc) is 2.48. The molecule has 0 aromatic heterocycles. The number of hydrogen-bond acceptors (Lipinski definition) is 3. The molecule has 0 atom stereocenters. The highest BCUT2D eigenvalue weighted by Crippen LogP contribution is 2.23. The maximum absolute atomic E-state index is 12.1. The zero-order valence-corrected chi connectivity index (χ0v) is 11.8. The molecule has 0 aliphatic heterocycles. The van der Waals surface area contributed by atoms with Gasteiger partial charge in [0.05, 0.1) is 18.4 Å². The monoisotopic (exact) mass is 305 g/mol.